The summed E-state index contributed by atoms with van der Waals surface area (Å²) < 4.78 is 12.8. The molecule has 0 fully saturated rings. The van der Waals surface area contributed by atoms with Crippen LogP contribution in [0.4, 0.5) is 0 Å². The maximum Gasteiger partial charge on any atom is 0.345 e. The van der Waals surface area contributed by atoms with E-state index in [1.165, 1.54) is 15.0 Å². The summed E-state index contributed by atoms with van der Waals surface area (Å²) in [4.78, 5) is 13.7. The van der Waals surface area contributed by atoms with Crippen molar-refractivity contribution in [3.05, 3.63) is 94.9 Å². The van der Waals surface area contributed by atoms with Crippen molar-refractivity contribution in [3.8, 4) is 22.5 Å². The third-order valence-electron chi connectivity index (χ3n) is 5.21. The van der Waals surface area contributed by atoms with Crippen molar-refractivity contribution < 1.29 is 14.3 Å². The van der Waals surface area contributed by atoms with E-state index in [1.54, 1.807) is 13.8 Å². The molecule has 1 atom stereocenters. The molecular weight excluding hydrogens is 428 g/mol. The van der Waals surface area contributed by atoms with Crippen molar-refractivity contribution in [2.45, 2.75) is 33.3 Å². The van der Waals surface area contributed by atoms with Gasteiger partial charge in [-0.25, -0.2) is 4.79 Å². The number of hydrogen-bond acceptors (Lipinski definition) is 3. The van der Waals surface area contributed by atoms with Crippen LogP contribution in [-0.4, -0.2) is 18.2 Å². The van der Waals surface area contributed by atoms with E-state index in [-0.39, 0.29) is 17.1 Å². The molecule has 3 aromatic carbocycles. The maximum atomic E-state index is 12.5. The Morgan fingerprint density at radius 3 is 2.33 bits per heavy atom. The number of carbonyl (C=O) groups excluding carboxylic acids is 1. The highest BCUT2D eigenvalue weighted by molar-refractivity contribution is 7.43. The third-order valence-corrected chi connectivity index (χ3v) is 7.21. The van der Waals surface area contributed by atoms with E-state index >= 15 is 0 Å². The van der Waals surface area contributed by atoms with Crippen LogP contribution in [0.2, 0.25) is 0 Å². The van der Waals surface area contributed by atoms with Gasteiger partial charge in [0, 0.05) is 39.6 Å². The average Bonchev–Trinajstić information content (AvgIpc) is 3.22. The molecule has 0 amide bonds. The molecule has 0 aliphatic rings. The number of benzene rings is 3. The van der Waals surface area contributed by atoms with E-state index in [1.807, 2.05) is 44.2 Å². The standard InChI is InChI=1S/C29H27O3S/c1-21-18-25(33-17-15-24-12-8-9-13-26(24)33)19-22(2)28(21)31-20-27(30)32-29(3,4)16-14-23-10-6-5-7-11-23/h5-13,15,17-19H,20H2,1-4H3/q+1. The fourth-order valence-electron chi connectivity index (χ4n) is 3.72. The van der Waals surface area contributed by atoms with Crippen LogP contribution in [0.5, 0.6) is 5.75 Å². The molecule has 1 aromatic heterocycles. The minimum absolute atomic E-state index is 0.0818. The lowest BCUT2D eigenvalue weighted by atomic mass is 10.1. The lowest BCUT2D eigenvalue weighted by Crippen LogP contribution is -2.29. The van der Waals surface area contributed by atoms with Crippen LogP contribution in [0, 0.1) is 25.7 Å². The highest BCUT2D eigenvalue weighted by Crippen LogP contribution is 2.42. The fourth-order valence-corrected chi connectivity index (χ4v) is 5.78. The van der Waals surface area contributed by atoms with E-state index < -0.39 is 11.6 Å². The van der Waals surface area contributed by atoms with Crippen molar-refractivity contribution >= 4 is 26.5 Å². The summed E-state index contributed by atoms with van der Waals surface area (Å²) in [7, 11) is -0.0818. The molecule has 3 nitrogen and oxygen atoms in total. The van der Waals surface area contributed by atoms with Crippen molar-refractivity contribution in [2.24, 2.45) is 0 Å². The molecule has 0 spiro atoms. The molecule has 0 radical (unpaired) electrons. The molecule has 4 heteroatoms. The number of hydrogen-bond donors (Lipinski definition) is 0. The molecule has 1 heterocycles. The molecule has 166 valence electrons. The molecule has 0 saturated heterocycles. The summed E-state index contributed by atoms with van der Waals surface area (Å²) in [6, 6.07) is 24.6. The second-order valence-electron chi connectivity index (χ2n) is 8.45. The van der Waals surface area contributed by atoms with E-state index in [4.69, 9.17) is 9.47 Å². The number of carbonyl (C=O) groups is 1. The smallest absolute Gasteiger partial charge is 0.345 e. The Labute approximate surface area is 198 Å². The van der Waals surface area contributed by atoms with Gasteiger partial charge in [0.05, 0.1) is 0 Å². The van der Waals surface area contributed by atoms with Crippen LogP contribution in [0.25, 0.3) is 15.0 Å². The Bertz CT molecular complexity index is 1330. The number of aryl methyl sites for hydroxylation is 2. The maximum absolute atomic E-state index is 12.5. The Kier molecular flexibility index (Phi) is 6.53. The number of fused-ring (bicyclic) bond motifs is 1. The van der Waals surface area contributed by atoms with Gasteiger partial charge in [0.1, 0.15) is 11.1 Å². The Balaban J connectivity index is 1.44. The zero-order valence-corrected chi connectivity index (χ0v) is 20.2. The van der Waals surface area contributed by atoms with Crippen molar-refractivity contribution in [3.63, 3.8) is 0 Å². The second kappa shape index (κ2) is 9.52. The minimum atomic E-state index is -0.909. The first-order valence-electron chi connectivity index (χ1n) is 10.9. The van der Waals surface area contributed by atoms with Crippen molar-refractivity contribution in [1.82, 2.24) is 0 Å². The molecule has 0 aliphatic carbocycles. The lowest BCUT2D eigenvalue weighted by Gasteiger charge is -2.19. The number of rotatable bonds is 5. The zero-order valence-electron chi connectivity index (χ0n) is 19.3. The molecule has 0 N–H and O–H groups in total. The Hall–Kier alpha value is -3.55. The van der Waals surface area contributed by atoms with Gasteiger partial charge in [0.25, 0.3) is 0 Å². The number of esters is 1. The molecule has 4 rings (SSSR count). The molecule has 0 aliphatic heterocycles. The Morgan fingerprint density at radius 1 is 0.939 bits per heavy atom. The van der Waals surface area contributed by atoms with Gasteiger partial charge in [-0.15, -0.1) is 0 Å². The van der Waals surface area contributed by atoms with Crippen LogP contribution in [-0.2, 0) is 9.53 Å². The first-order chi connectivity index (χ1) is 15.8. The fraction of sp³-hybridized carbons (Fsp3) is 0.207. The summed E-state index contributed by atoms with van der Waals surface area (Å²) in [5.74, 6) is 6.35. The summed E-state index contributed by atoms with van der Waals surface area (Å²) in [6.07, 6.45) is 0. The third kappa shape index (κ3) is 5.45. The summed E-state index contributed by atoms with van der Waals surface area (Å²) >= 11 is 0. The Morgan fingerprint density at radius 2 is 1.61 bits per heavy atom. The van der Waals surface area contributed by atoms with Gasteiger partial charge in [-0.3, -0.25) is 0 Å². The van der Waals surface area contributed by atoms with Crippen LogP contribution >= 0.6 is 10.5 Å². The van der Waals surface area contributed by atoms with Crippen LogP contribution < -0.4 is 4.74 Å². The molecule has 1 unspecified atom stereocenters. The normalized spacial score (nSPS) is 11.6. The SMILES string of the molecule is Cc1cc(-[s+]2ccc3ccccc32)cc(C)c1OCC(=O)OC(C)(C)C#Cc1ccccc1. The minimum Gasteiger partial charge on any atom is -0.481 e. The van der Waals surface area contributed by atoms with Gasteiger partial charge in [-0.05, 0) is 63.1 Å². The average molecular weight is 456 g/mol. The lowest BCUT2D eigenvalue weighted by molar-refractivity contribution is -0.154. The monoisotopic (exact) mass is 455 g/mol. The molecular formula is C29H27O3S+. The second-order valence-corrected chi connectivity index (χ2v) is 10.3. The van der Waals surface area contributed by atoms with Crippen LogP contribution in [0.3, 0.4) is 0 Å². The van der Waals surface area contributed by atoms with Crippen LogP contribution in [0.15, 0.2) is 78.2 Å². The van der Waals surface area contributed by atoms with Crippen LogP contribution in [0.1, 0.15) is 30.5 Å². The van der Waals surface area contributed by atoms with Gasteiger partial charge < -0.3 is 9.47 Å². The van der Waals surface area contributed by atoms with E-state index in [0.717, 1.165) is 22.4 Å². The van der Waals surface area contributed by atoms with E-state index in [2.05, 4.69) is 59.7 Å². The number of thiophene rings is 1. The molecule has 0 saturated carbocycles. The van der Waals surface area contributed by atoms with E-state index in [9.17, 15) is 4.79 Å². The first-order valence-corrected chi connectivity index (χ1v) is 12.2. The number of ether oxygens (including phenoxy) is 2. The van der Waals surface area contributed by atoms with Gasteiger partial charge in [0.15, 0.2) is 21.8 Å². The van der Waals surface area contributed by atoms with Gasteiger partial charge in [0.2, 0.25) is 0 Å². The summed E-state index contributed by atoms with van der Waals surface area (Å²) in [5, 5.41) is 3.53. The quantitative estimate of drug-likeness (QED) is 0.186. The predicted octanol–water partition coefficient (Wildman–Crippen LogP) is 6.95. The molecule has 33 heavy (non-hydrogen) atoms. The van der Waals surface area contributed by atoms with E-state index in [0.29, 0.717) is 0 Å². The highest BCUT2D eigenvalue weighted by Gasteiger charge is 2.22. The topological polar surface area (TPSA) is 35.5 Å². The summed E-state index contributed by atoms with van der Waals surface area (Å²) in [5.41, 5.74) is 1.98. The largest absolute Gasteiger partial charge is 0.481 e. The van der Waals surface area contributed by atoms with Gasteiger partial charge in [-0.1, -0.05) is 42.2 Å². The van der Waals surface area contributed by atoms with Crippen molar-refractivity contribution in [1.29, 1.82) is 0 Å². The molecule has 4 aromatic rings. The van der Waals surface area contributed by atoms with Crippen molar-refractivity contribution in [2.75, 3.05) is 6.61 Å². The van der Waals surface area contributed by atoms with Gasteiger partial charge >= 0.3 is 5.97 Å². The zero-order chi connectivity index (χ0) is 23.4. The summed E-state index contributed by atoms with van der Waals surface area (Å²) in [6.45, 7) is 7.43. The van der Waals surface area contributed by atoms with Gasteiger partial charge in [-0.2, -0.15) is 0 Å². The molecule has 0 bridgehead atoms. The first kappa shape index (κ1) is 22.6. The predicted molar refractivity (Wildman–Crippen MR) is 136 cm³/mol. The highest BCUT2D eigenvalue weighted by atomic mass is 32.2.